The lowest BCUT2D eigenvalue weighted by molar-refractivity contribution is 0.604. The number of nitrogens with zero attached hydrogens (tertiary/aromatic N) is 1. The second-order valence-corrected chi connectivity index (χ2v) is 5.74. The minimum absolute atomic E-state index is 0.241. The van der Waals surface area contributed by atoms with Crippen LogP contribution in [0.25, 0.3) is 10.4 Å². The summed E-state index contributed by atoms with van der Waals surface area (Å²) in [5, 5.41) is 0. The average Bonchev–Trinajstić information content (AvgIpc) is 2.67. The smallest absolute Gasteiger partial charge is 0.0361 e. The van der Waals surface area contributed by atoms with Crippen LogP contribution in [-0.4, -0.2) is 4.98 Å². The van der Waals surface area contributed by atoms with Gasteiger partial charge in [0, 0.05) is 27.7 Å². The molecular formula is C13H15NS. The first-order valence-corrected chi connectivity index (χ1v) is 5.90. The van der Waals surface area contributed by atoms with Crippen LogP contribution < -0.4 is 0 Å². The first kappa shape index (κ1) is 10.4. The maximum absolute atomic E-state index is 4.14. The number of hydrogen-bond donors (Lipinski definition) is 0. The zero-order chi connectivity index (χ0) is 10.9. The molecule has 0 radical (unpaired) electrons. The summed E-state index contributed by atoms with van der Waals surface area (Å²) in [5.41, 5.74) is 1.45. The summed E-state index contributed by atoms with van der Waals surface area (Å²) in [4.78, 5) is 6.86. The van der Waals surface area contributed by atoms with Crippen LogP contribution in [0.4, 0.5) is 0 Å². The SMILES string of the molecule is CC(C)(C)c1ccc(-c2cccnc2)s1. The van der Waals surface area contributed by atoms with Crippen LogP contribution in [0, 0.1) is 0 Å². The summed E-state index contributed by atoms with van der Waals surface area (Å²) < 4.78 is 0. The third-order valence-corrected chi connectivity index (χ3v) is 3.85. The lowest BCUT2D eigenvalue weighted by atomic mass is 9.95. The summed E-state index contributed by atoms with van der Waals surface area (Å²) in [7, 11) is 0. The van der Waals surface area contributed by atoms with E-state index in [0.29, 0.717) is 0 Å². The predicted octanol–water partition coefficient (Wildman–Crippen LogP) is 4.11. The predicted molar refractivity (Wildman–Crippen MR) is 66.3 cm³/mol. The Morgan fingerprint density at radius 1 is 1.13 bits per heavy atom. The Bertz CT molecular complexity index is 437. The average molecular weight is 217 g/mol. The van der Waals surface area contributed by atoms with Crippen LogP contribution in [0.1, 0.15) is 25.6 Å². The van der Waals surface area contributed by atoms with E-state index in [1.807, 2.05) is 29.8 Å². The Kier molecular flexibility index (Phi) is 2.61. The summed E-state index contributed by atoms with van der Waals surface area (Å²) in [6, 6.07) is 8.48. The standard InChI is InChI=1S/C13H15NS/c1-13(2,3)12-7-6-11(15-12)10-5-4-8-14-9-10/h4-9H,1-3H3. The fourth-order valence-corrected chi connectivity index (χ4v) is 2.46. The molecule has 0 saturated heterocycles. The van der Waals surface area contributed by atoms with Crippen molar-refractivity contribution < 1.29 is 0 Å². The van der Waals surface area contributed by atoms with Gasteiger partial charge >= 0.3 is 0 Å². The molecule has 0 saturated carbocycles. The highest BCUT2D eigenvalue weighted by Crippen LogP contribution is 2.34. The molecule has 15 heavy (non-hydrogen) atoms. The van der Waals surface area contributed by atoms with Gasteiger partial charge in [-0.3, -0.25) is 4.98 Å². The molecule has 2 heterocycles. The number of hydrogen-bond acceptors (Lipinski definition) is 2. The Balaban J connectivity index is 2.37. The van der Waals surface area contributed by atoms with Crippen LogP contribution in [0.5, 0.6) is 0 Å². The molecule has 2 aromatic rings. The van der Waals surface area contributed by atoms with E-state index >= 15 is 0 Å². The van der Waals surface area contributed by atoms with Crippen molar-refractivity contribution in [2.24, 2.45) is 0 Å². The highest BCUT2D eigenvalue weighted by molar-refractivity contribution is 7.15. The van der Waals surface area contributed by atoms with Gasteiger partial charge in [0.15, 0.2) is 0 Å². The minimum Gasteiger partial charge on any atom is -0.264 e. The van der Waals surface area contributed by atoms with Gasteiger partial charge in [-0.1, -0.05) is 26.8 Å². The van der Waals surface area contributed by atoms with Gasteiger partial charge in [-0.2, -0.15) is 0 Å². The van der Waals surface area contributed by atoms with Crippen molar-refractivity contribution in [2.75, 3.05) is 0 Å². The highest BCUT2D eigenvalue weighted by Gasteiger charge is 2.16. The van der Waals surface area contributed by atoms with E-state index in [-0.39, 0.29) is 5.41 Å². The summed E-state index contributed by atoms with van der Waals surface area (Å²) in [6.45, 7) is 6.73. The van der Waals surface area contributed by atoms with Crippen molar-refractivity contribution in [1.29, 1.82) is 0 Å². The van der Waals surface area contributed by atoms with E-state index in [4.69, 9.17) is 0 Å². The van der Waals surface area contributed by atoms with Gasteiger partial charge in [-0.15, -0.1) is 11.3 Å². The summed E-state index contributed by atoms with van der Waals surface area (Å²) >= 11 is 1.85. The molecule has 0 fully saturated rings. The number of aromatic nitrogens is 1. The number of pyridine rings is 1. The van der Waals surface area contributed by atoms with Crippen LogP contribution in [0.2, 0.25) is 0 Å². The molecule has 78 valence electrons. The van der Waals surface area contributed by atoms with Gasteiger partial charge in [-0.05, 0) is 23.6 Å². The van der Waals surface area contributed by atoms with E-state index < -0.39 is 0 Å². The molecule has 0 aliphatic rings. The quantitative estimate of drug-likeness (QED) is 0.700. The van der Waals surface area contributed by atoms with Gasteiger partial charge in [-0.25, -0.2) is 0 Å². The molecule has 2 heteroatoms. The Labute approximate surface area is 94.8 Å². The van der Waals surface area contributed by atoms with E-state index in [1.165, 1.54) is 15.3 Å². The minimum atomic E-state index is 0.241. The van der Waals surface area contributed by atoms with Crippen molar-refractivity contribution >= 4 is 11.3 Å². The molecule has 0 bridgehead atoms. The third-order valence-electron chi connectivity index (χ3n) is 2.29. The van der Waals surface area contributed by atoms with E-state index in [2.05, 4.69) is 44.0 Å². The van der Waals surface area contributed by atoms with Crippen molar-refractivity contribution in [3.8, 4) is 10.4 Å². The first-order chi connectivity index (χ1) is 7.07. The molecule has 0 N–H and O–H groups in total. The molecule has 0 amide bonds. The lowest BCUT2D eigenvalue weighted by Gasteiger charge is -2.15. The Morgan fingerprint density at radius 3 is 2.47 bits per heavy atom. The first-order valence-electron chi connectivity index (χ1n) is 5.08. The molecule has 2 rings (SSSR count). The lowest BCUT2D eigenvalue weighted by Crippen LogP contribution is -2.07. The van der Waals surface area contributed by atoms with Crippen LogP contribution in [0.15, 0.2) is 36.7 Å². The van der Waals surface area contributed by atoms with Gasteiger partial charge in [0.05, 0.1) is 0 Å². The monoisotopic (exact) mass is 217 g/mol. The molecule has 0 aliphatic heterocycles. The maximum Gasteiger partial charge on any atom is 0.0361 e. The molecule has 0 spiro atoms. The Hall–Kier alpha value is -1.15. The normalized spacial score (nSPS) is 11.7. The molecule has 0 aliphatic carbocycles. The maximum atomic E-state index is 4.14. The largest absolute Gasteiger partial charge is 0.264 e. The Morgan fingerprint density at radius 2 is 1.93 bits per heavy atom. The number of rotatable bonds is 1. The summed E-state index contributed by atoms with van der Waals surface area (Å²) in [6.07, 6.45) is 3.72. The van der Waals surface area contributed by atoms with E-state index in [0.717, 1.165) is 0 Å². The fraction of sp³-hybridized carbons (Fsp3) is 0.308. The number of thiophene rings is 1. The van der Waals surface area contributed by atoms with Crippen molar-refractivity contribution in [3.05, 3.63) is 41.5 Å². The van der Waals surface area contributed by atoms with Gasteiger partial charge in [0.25, 0.3) is 0 Å². The van der Waals surface area contributed by atoms with Crippen molar-refractivity contribution in [3.63, 3.8) is 0 Å². The van der Waals surface area contributed by atoms with Crippen LogP contribution in [0.3, 0.4) is 0 Å². The second kappa shape index (κ2) is 3.78. The molecule has 0 aromatic carbocycles. The van der Waals surface area contributed by atoms with Gasteiger partial charge in [0.2, 0.25) is 0 Å². The van der Waals surface area contributed by atoms with Crippen LogP contribution in [-0.2, 0) is 5.41 Å². The molecule has 0 atom stereocenters. The summed E-state index contributed by atoms with van der Waals surface area (Å²) in [5.74, 6) is 0. The molecular weight excluding hydrogens is 202 g/mol. The van der Waals surface area contributed by atoms with Gasteiger partial charge < -0.3 is 0 Å². The van der Waals surface area contributed by atoms with Crippen LogP contribution >= 0.6 is 11.3 Å². The zero-order valence-electron chi connectivity index (χ0n) is 9.32. The van der Waals surface area contributed by atoms with E-state index in [1.54, 1.807) is 0 Å². The molecule has 1 nitrogen and oxygen atoms in total. The topological polar surface area (TPSA) is 12.9 Å². The fourth-order valence-electron chi connectivity index (χ4n) is 1.40. The third kappa shape index (κ3) is 2.26. The van der Waals surface area contributed by atoms with E-state index in [9.17, 15) is 0 Å². The van der Waals surface area contributed by atoms with Crippen molar-refractivity contribution in [1.82, 2.24) is 4.98 Å². The van der Waals surface area contributed by atoms with Crippen molar-refractivity contribution in [2.45, 2.75) is 26.2 Å². The molecule has 0 unspecified atom stereocenters. The zero-order valence-corrected chi connectivity index (χ0v) is 10.1. The highest BCUT2D eigenvalue weighted by atomic mass is 32.1. The van der Waals surface area contributed by atoms with Gasteiger partial charge in [0.1, 0.15) is 0 Å². The molecule has 2 aromatic heterocycles. The second-order valence-electron chi connectivity index (χ2n) is 4.66.